The molecule has 0 amide bonds. The molecule has 2 aromatic carbocycles. The summed E-state index contributed by atoms with van der Waals surface area (Å²) in [6.45, 7) is 2.00. The fourth-order valence-corrected chi connectivity index (χ4v) is 4.60. The summed E-state index contributed by atoms with van der Waals surface area (Å²) < 4.78 is 2.26. The molecule has 0 saturated carbocycles. The highest BCUT2D eigenvalue weighted by molar-refractivity contribution is 8.00. The molecule has 0 bridgehead atoms. The molecular formula is C18H15N3OS2. The lowest BCUT2D eigenvalue weighted by atomic mass is 10.1. The molecule has 0 atom stereocenters. The first-order chi connectivity index (χ1) is 11.7. The number of aryl methyl sites for hydroxylation is 1. The van der Waals surface area contributed by atoms with Crippen LogP contribution in [0.2, 0.25) is 0 Å². The summed E-state index contributed by atoms with van der Waals surface area (Å²) in [4.78, 5) is 17.2. The molecule has 4 rings (SSSR count). The summed E-state index contributed by atoms with van der Waals surface area (Å²) in [7, 11) is 0. The third-order valence-corrected chi connectivity index (χ3v) is 5.96. The highest BCUT2D eigenvalue weighted by Gasteiger charge is 2.10. The summed E-state index contributed by atoms with van der Waals surface area (Å²) >= 11 is 3.11. The molecule has 0 aliphatic carbocycles. The number of rotatable bonds is 4. The molecule has 0 aliphatic heterocycles. The second-order valence-electron chi connectivity index (χ2n) is 5.43. The third kappa shape index (κ3) is 2.83. The lowest BCUT2D eigenvalue weighted by Gasteiger charge is -2.04. The second kappa shape index (κ2) is 6.37. The number of hydrogen-bond donors (Lipinski definition) is 0. The van der Waals surface area contributed by atoms with Gasteiger partial charge in [-0.15, -0.1) is 5.10 Å². The van der Waals surface area contributed by atoms with Crippen molar-refractivity contribution in [1.82, 2.24) is 14.6 Å². The topological polar surface area (TPSA) is 47.3 Å². The van der Waals surface area contributed by atoms with Crippen molar-refractivity contribution in [2.45, 2.75) is 23.4 Å². The lowest BCUT2D eigenvalue weighted by molar-refractivity contribution is 0.842. The molecule has 2 heterocycles. The average molecular weight is 353 g/mol. The zero-order valence-electron chi connectivity index (χ0n) is 13.1. The highest BCUT2D eigenvalue weighted by Crippen LogP contribution is 2.29. The van der Waals surface area contributed by atoms with Gasteiger partial charge < -0.3 is 0 Å². The molecular weight excluding hydrogens is 338 g/mol. The highest BCUT2D eigenvalue weighted by atomic mass is 32.2. The molecule has 0 radical (unpaired) electrons. The van der Waals surface area contributed by atoms with Crippen LogP contribution in [0.25, 0.3) is 15.7 Å². The van der Waals surface area contributed by atoms with E-state index in [2.05, 4.69) is 52.5 Å². The summed E-state index contributed by atoms with van der Waals surface area (Å²) in [5.41, 5.74) is 1.98. The predicted molar refractivity (Wildman–Crippen MR) is 100 cm³/mol. The largest absolute Gasteiger partial charge is 0.275 e. The van der Waals surface area contributed by atoms with Crippen molar-refractivity contribution in [2.24, 2.45) is 0 Å². The molecule has 2 aromatic heterocycles. The van der Waals surface area contributed by atoms with Gasteiger partial charge in [-0.3, -0.25) is 4.79 Å². The maximum absolute atomic E-state index is 12.1. The Bertz CT molecular complexity index is 1080. The van der Waals surface area contributed by atoms with Crippen LogP contribution >= 0.6 is 23.1 Å². The first kappa shape index (κ1) is 15.4. The van der Waals surface area contributed by atoms with Crippen LogP contribution < -0.4 is 5.56 Å². The summed E-state index contributed by atoms with van der Waals surface area (Å²) in [5.74, 6) is 0.816. The molecule has 0 spiro atoms. The van der Waals surface area contributed by atoms with E-state index >= 15 is 0 Å². The van der Waals surface area contributed by atoms with Gasteiger partial charge in [0.15, 0.2) is 4.34 Å². The van der Waals surface area contributed by atoms with Crippen LogP contribution in [0, 0.1) is 0 Å². The summed E-state index contributed by atoms with van der Waals surface area (Å²) in [6, 6.07) is 16.3. The van der Waals surface area contributed by atoms with Crippen molar-refractivity contribution in [3.63, 3.8) is 0 Å². The van der Waals surface area contributed by atoms with Crippen LogP contribution in [0.15, 0.2) is 57.7 Å². The zero-order valence-corrected chi connectivity index (χ0v) is 14.7. The van der Waals surface area contributed by atoms with E-state index in [0.29, 0.717) is 4.96 Å². The van der Waals surface area contributed by atoms with Crippen LogP contribution in [0.5, 0.6) is 0 Å². The Kier molecular flexibility index (Phi) is 4.08. The van der Waals surface area contributed by atoms with E-state index in [9.17, 15) is 4.79 Å². The Morgan fingerprint density at radius 3 is 2.88 bits per heavy atom. The van der Waals surface area contributed by atoms with Crippen molar-refractivity contribution in [3.05, 3.63) is 70.1 Å². The van der Waals surface area contributed by atoms with Gasteiger partial charge in [0.2, 0.25) is 4.96 Å². The molecule has 0 aliphatic rings. The molecule has 24 heavy (non-hydrogen) atoms. The molecule has 0 N–H and O–H groups in total. The van der Waals surface area contributed by atoms with Crippen LogP contribution in [0.4, 0.5) is 0 Å². The number of hydrogen-bond acceptors (Lipinski definition) is 5. The summed E-state index contributed by atoms with van der Waals surface area (Å²) in [6.07, 6.45) is 0.752. The lowest BCUT2D eigenvalue weighted by Crippen LogP contribution is -2.14. The number of thioether (sulfide) groups is 1. The fraction of sp³-hybridized carbons (Fsp3) is 0.167. The van der Waals surface area contributed by atoms with Gasteiger partial charge in [0.1, 0.15) is 0 Å². The Morgan fingerprint density at radius 1 is 1.17 bits per heavy atom. The average Bonchev–Trinajstić information content (AvgIpc) is 3.03. The summed E-state index contributed by atoms with van der Waals surface area (Å²) in [5, 5.41) is 6.91. The second-order valence-corrected chi connectivity index (χ2v) is 7.61. The zero-order chi connectivity index (χ0) is 16.5. The molecule has 4 nitrogen and oxygen atoms in total. The number of fused-ring (bicyclic) bond motifs is 2. The Balaban J connectivity index is 1.65. The number of aromatic nitrogens is 3. The van der Waals surface area contributed by atoms with Gasteiger partial charge in [0.05, 0.1) is 0 Å². The maximum Gasteiger partial charge on any atom is 0.275 e. The molecule has 120 valence electrons. The van der Waals surface area contributed by atoms with Crippen molar-refractivity contribution < 1.29 is 0 Å². The van der Waals surface area contributed by atoms with Gasteiger partial charge in [-0.2, -0.15) is 4.52 Å². The van der Waals surface area contributed by atoms with Gasteiger partial charge in [0.25, 0.3) is 5.56 Å². The van der Waals surface area contributed by atoms with E-state index in [1.807, 2.05) is 6.92 Å². The Hall–Kier alpha value is -2.18. The molecule has 0 fully saturated rings. The van der Waals surface area contributed by atoms with E-state index in [1.165, 1.54) is 32.2 Å². The number of nitrogens with zero attached hydrogens (tertiary/aromatic N) is 3. The van der Waals surface area contributed by atoms with E-state index in [-0.39, 0.29) is 5.56 Å². The van der Waals surface area contributed by atoms with Crippen molar-refractivity contribution >= 4 is 38.8 Å². The van der Waals surface area contributed by atoms with Crippen molar-refractivity contribution in [3.8, 4) is 0 Å². The number of benzene rings is 2. The maximum atomic E-state index is 12.1. The minimum atomic E-state index is -0.106. The van der Waals surface area contributed by atoms with Crippen LogP contribution in [0.1, 0.15) is 18.2 Å². The van der Waals surface area contributed by atoms with E-state index < -0.39 is 0 Å². The Morgan fingerprint density at radius 2 is 2.00 bits per heavy atom. The Labute approximate surface area is 147 Å². The van der Waals surface area contributed by atoms with E-state index in [0.717, 1.165) is 22.2 Å². The minimum absolute atomic E-state index is 0.106. The van der Waals surface area contributed by atoms with Gasteiger partial charge >= 0.3 is 0 Å². The molecule has 0 saturated heterocycles. The standard InChI is InChI=1S/C18H15N3OS2/c1-2-14-10-16(22)21-17(19-14)24-18(20-21)23-11-13-8-5-7-12-6-3-4-9-15(12)13/h3-10H,2,11H2,1H3. The first-order valence-corrected chi connectivity index (χ1v) is 9.54. The molecule has 6 heteroatoms. The fourth-order valence-electron chi connectivity index (χ4n) is 2.64. The first-order valence-electron chi connectivity index (χ1n) is 7.74. The van der Waals surface area contributed by atoms with Crippen molar-refractivity contribution in [2.75, 3.05) is 0 Å². The van der Waals surface area contributed by atoms with E-state index in [4.69, 9.17) is 0 Å². The van der Waals surface area contributed by atoms with Crippen molar-refractivity contribution in [1.29, 1.82) is 0 Å². The third-order valence-electron chi connectivity index (χ3n) is 3.87. The molecule has 0 unspecified atom stereocenters. The smallest absolute Gasteiger partial charge is 0.267 e. The predicted octanol–water partition coefficient (Wildman–Crippen LogP) is 4.16. The normalized spacial score (nSPS) is 11.4. The quantitative estimate of drug-likeness (QED) is 0.517. The van der Waals surface area contributed by atoms with Crippen LogP contribution in [-0.4, -0.2) is 14.6 Å². The van der Waals surface area contributed by atoms with Gasteiger partial charge in [0, 0.05) is 17.5 Å². The molecule has 4 aromatic rings. The van der Waals surface area contributed by atoms with Crippen LogP contribution in [-0.2, 0) is 12.2 Å². The van der Waals surface area contributed by atoms with Crippen LogP contribution in [0.3, 0.4) is 0 Å². The van der Waals surface area contributed by atoms with Gasteiger partial charge in [-0.25, -0.2) is 4.98 Å². The van der Waals surface area contributed by atoms with Gasteiger partial charge in [-0.1, -0.05) is 72.5 Å². The SMILES string of the molecule is CCc1cc(=O)n2nc(SCc3cccc4ccccc34)sc2n1. The minimum Gasteiger partial charge on any atom is -0.267 e. The monoisotopic (exact) mass is 353 g/mol. The van der Waals surface area contributed by atoms with E-state index in [1.54, 1.807) is 17.8 Å². The van der Waals surface area contributed by atoms with Gasteiger partial charge in [-0.05, 0) is 22.8 Å².